The van der Waals surface area contributed by atoms with Gasteiger partial charge in [0.1, 0.15) is 0 Å². The largest absolute Gasteiger partial charge is 0.390 e. The lowest BCUT2D eigenvalue weighted by molar-refractivity contribution is 0.146. The van der Waals surface area contributed by atoms with Crippen LogP contribution in [0, 0.1) is 0 Å². The van der Waals surface area contributed by atoms with E-state index in [2.05, 4.69) is 9.71 Å². The summed E-state index contributed by atoms with van der Waals surface area (Å²) in [5.74, 6) is 0. The molecule has 0 spiro atoms. The summed E-state index contributed by atoms with van der Waals surface area (Å²) in [7, 11) is -3.67. The summed E-state index contributed by atoms with van der Waals surface area (Å²) in [6, 6.07) is 4.15. The molecule has 1 aromatic heterocycles. The highest BCUT2D eigenvalue weighted by Crippen LogP contribution is 2.03. The molecule has 0 aliphatic rings. The predicted octanol–water partition coefficient (Wildman–Crippen LogP) is -0.120. The van der Waals surface area contributed by atoms with E-state index in [1.165, 1.54) is 12.3 Å². The van der Waals surface area contributed by atoms with Gasteiger partial charge in [-0.15, -0.1) is 12.4 Å². The van der Waals surface area contributed by atoms with Gasteiger partial charge in [-0.25, -0.2) is 18.1 Å². The van der Waals surface area contributed by atoms with Crippen LogP contribution < -0.4 is 10.5 Å². The highest BCUT2D eigenvalue weighted by atomic mass is 35.5. The summed E-state index contributed by atoms with van der Waals surface area (Å²) < 4.78 is 25.7. The minimum absolute atomic E-state index is 0. The third-order valence-electron chi connectivity index (χ3n) is 2.36. The lowest BCUT2D eigenvalue weighted by atomic mass is 10.1. The lowest BCUT2D eigenvalue weighted by Crippen LogP contribution is -2.43. The van der Waals surface area contributed by atoms with Gasteiger partial charge in [-0.3, -0.25) is 0 Å². The van der Waals surface area contributed by atoms with Crippen molar-refractivity contribution in [1.29, 1.82) is 0 Å². The molecule has 0 unspecified atom stereocenters. The zero-order valence-electron chi connectivity index (χ0n) is 9.98. The van der Waals surface area contributed by atoms with Crippen molar-refractivity contribution in [3.63, 3.8) is 0 Å². The van der Waals surface area contributed by atoms with E-state index in [0.29, 0.717) is 6.42 Å². The average Bonchev–Trinajstić information content (AvgIpc) is 2.36. The van der Waals surface area contributed by atoms with Gasteiger partial charge >= 0.3 is 0 Å². The first-order chi connectivity index (χ1) is 7.97. The molecule has 4 N–H and O–H groups in total. The number of rotatable bonds is 6. The van der Waals surface area contributed by atoms with E-state index >= 15 is 0 Å². The maximum atomic E-state index is 11.7. The second kappa shape index (κ2) is 7.65. The molecule has 0 saturated heterocycles. The number of aliphatic hydroxyl groups is 1. The molecule has 8 heteroatoms. The fourth-order valence-corrected chi connectivity index (χ4v) is 2.19. The highest BCUT2D eigenvalue weighted by Gasteiger charge is 2.19. The maximum Gasteiger partial charge on any atom is 0.258 e. The monoisotopic (exact) mass is 295 g/mol. The van der Waals surface area contributed by atoms with Crippen LogP contribution in [0.25, 0.3) is 0 Å². The molecule has 0 bridgehead atoms. The number of halogens is 1. The van der Waals surface area contributed by atoms with Gasteiger partial charge in [0.05, 0.1) is 6.10 Å². The van der Waals surface area contributed by atoms with Crippen LogP contribution in [0.4, 0.5) is 0 Å². The molecule has 6 nitrogen and oxygen atoms in total. The third kappa shape index (κ3) is 4.87. The van der Waals surface area contributed by atoms with Crippen molar-refractivity contribution in [2.24, 2.45) is 5.73 Å². The quantitative estimate of drug-likeness (QED) is 0.678. The fraction of sp³-hybridized carbons (Fsp3) is 0.500. The molecule has 0 saturated carbocycles. The highest BCUT2D eigenvalue weighted by molar-refractivity contribution is 7.89. The smallest absolute Gasteiger partial charge is 0.258 e. The molecule has 104 valence electrons. The number of nitrogens with two attached hydrogens (primary N) is 1. The summed E-state index contributed by atoms with van der Waals surface area (Å²) in [6.07, 6.45) is 1.06. The van der Waals surface area contributed by atoms with Crippen LogP contribution in [0.2, 0.25) is 0 Å². The molecular formula is C10H18ClN3O3S. The van der Waals surface area contributed by atoms with E-state index < -0.39 is 22.2 Å². The van der Waals surface area contributed by atoms with Crippen molar-refractivity contribution in [3.05, 3.63) is 24.4 Å². The van der Waals surface area contributed by atoms with E-state index in [0.717, 1.165) is 0 Å². The maximum absolute atomic E-state index is 11.7. The Morgan fingerprint density at radius 2 is 2.17 bits per heavy atom. The van der Waals surface area contributed by atoms with Crippen LogP contribution in [-0.4, -0.2) is 37.2 Å². The molecule has 0 radical (unpaired) electrons. The van der Waals surface area contributed by atoms with Crippen molar-refractivity contribution in [2.75, 3.05) is 6.54 Å². The summed E-state index contributed by atoms with van der Waals surface area (Å²) in [4.78, 5) is 3.73. The van der Waals surface area contributed by atoms with Gasteiger partial charge in [-0.1, -0.05) is 13.0 Å². The van der Waals surface area contributed by atoms with Gasteiger partial charge in [0, 0.05) is 18.8 Å². The molecule has 0 aliphatic heterocycles. The topological polar surface area (TPSA) is 105 Å². The zero-order chi connectivity index (χ0) is 12.9. The number of aliphatic hydroxyl groups excluding tert-OH is 1. The standard InChI is InChI=1S/C10H17N3O3S.ClH/c1-2-8(11)9(14)7-13-17(15,16)10-5-3-4-6-12-10;/h3-6,8-9,13-14H,2,7,11H2,1H3;1H/t8-,9+;/m0./s1. The summed E-state index contributed by atoms with van der Waals surface area (Å²) >= 11 is 0. The molecule has 0 aliphatic carbocycles. The number of pyridine rings is 1. The Kier molecular flexibility index (Phi) is 7.34. The Balaban J connectivity index is 0.00000289. The summed E-state index contributed by atoms with van der Waals surface area (Å²) in [6.45, 7) is 1.70. The molecule has 0 aromatic carbocycles. The zero-order valence-corrected chi connectivity index (χ0v) is 11.6. The van der Waals surface area contributed by atoms with Gasteiger partial charge < -0.3 is 10.8 Å². The molecule has 2 atom stereocenters. The molecular weight excluding hydrogens is 278 g/mol. The van der Waals surface area contributed by atoms with Crippen molar-refractivity contribution >= 4 is 22.4 Å². The van der Waals surface area contributed by atoms with Gasteiger partial charge in [-0.05, 0) is 18.6 Å². The van der Waals surface area contributed by atoms with Crippen molar-refractivity contribution in [3.8, 4) is 0 Å². The first kappa shape index (κ1) is 17.3. The number of hydrogen-bond acceptors (Lipinski definition) is 5. The van der Waals surface area contributed by atoms with Crippen LogP contribution in [0.15, 0.2) is 29.4 Å². The first-order valence-corrected chi connectivity index (χ1v) is 6.80. The summed E-state index contributed by atoms with van der Waals surface area (Å²) in [5.41, 5.74) is 5.58. The van der Waals surface area contributed by atoms with Gasteiger partial charge in [-0.2, -0.15) is 0 Å². The second-order valence-corrected chi connectivity index (χ2v) is 5.37. The van der Waals surface area contributed by atoms with Crippen LogP contribution in [0.1, 0.15) is 13.3 Å². The van der Waals surface area contributed by atoms with Crippen LogP contribution in [0.3, 0.4) is 0 Å². The molecule has 18 heavy (non-hydrogen) atoms. The van der Waals surface area contributed by atoms with E-state index in [4.69, 9.17) is 5.73 Å². The minimum atomic E-state index is -3.67. The van der Waals surface area contributed by atoms with Crippen LogP contribution in [0.5, 0.6) is 0 Å². The van der Waals surface area contributed by atoms with E-state index in [1.54, 1.807) is 12.1 Å². The number of hydrogen-bond donors (Lipinski definition) is 3. The number of aromatic nitrogens is 1. The Morgan fingerprint density at radius 3 is 2.67 bits per heavy atom. The van der Waals surface area contributed by atoms with Crippen molar-refractivity contribution < 1.29 is 13.5 Å². The Bertz CT molecular complexity index is 441. The van der Waals surface area contributed by atoms with E-state index in [9.17, 15) is 13.5 Å². The molecule has 0 fully saturated rings. The Labute approximate surface area is 113 Å². The number of nitrogens with one attached hydrogen (secondary N) is 1. The normalized spacial score (nSPS) is 14.6. The third-order valence-corrected chi connectivity index (χ3v) is 3.70. The second-order valence-electron chi connectivity index (χ2n) is 3.66. The average molecular weight is 296 g/mol. The Hall–Kier alpha value is -0.730. The van der Waals surface area contributed by atoms with E-state index in [-0.39, 0.29) is 24.0 Å². The molecule has 1 aromatic rings. The van der Waals surface area contributed by atoms with Gasteiger partial charge in [0.15, 0.2) is 5.03 Å². The number of sulfonamides is 1. The lowest BCUT2D eigenvalue weighted by Gasteiger charge is -2.17. The first-order valence-electron chi connectivity index (χ1n) is 5.31. The Morgan fingerprint density at radius 1 is 1.50 bits per heavy atom. The molecule has 0 amide bonds. The predicted molar refractivity (Wildman–Crippen MR) is 70.9 cm³/mol. The van der Waals surface area contributed by atoms with E-state index in [1.807, 2.05) is 6.92 Å². The molecule has 1 heterocycles. The number of nitrogens with zero attached hydrogens (tertiary/aromatic N) is 1. The fourth-order valence-electron chi connectivity index (χ4n) is 1.20. The van der Waals surface area contributed by atoms with Crippen LogP contribution >= 0.6 is 12.4 Å². The van der Waals surface area contributed by atoms with Gasteiger partial charge in [0.25, 0.3) is 10.0 Å². The van der Waals surface area contributed by atoms with Crippen molar-refractivity contribution in [2.45, 2.75) is 30.5 Å². The van der Waals surface area contributed by atoms with Crippen molar-refractivity contribution in [1.82, 2.24) is 9.71 Å². The molecule has 1 rings (SSSR count). The SMILES string of the molecule is CC[C@H](N)[C@H](O)CNS(=O)(=O)c1ccccn1.Cl. The van der Waals surface area contributed by atoms with Gasteiger partial charge in [0.2, 0.25) is 0 Å². The summed E-state index contributed by atoms with van der Waals surface area (Å²) in [5, 5.41) is 9.48. The van der Waals surface area contributed by atoms with Crippen LogP contribution in [-0.2, 0) is 10.0 Å². The minimum Gasteiger partial charge on any atom is -0.390 e.